The average Bonchev–Trinajstić information content (AvgIpc) is 3.02. The Balaban J connectivity index is 1.82. The number of hydrogen-bond donors (Lipinski definition) is 0. The number of para-hydroxylation sites is 2. The van der Waals surface area contributed by atoms with Crippen LogP contribution in [-0.2, 0) is 9.59 Å². The average molecular weight is 355 g/mol. The molecular weight excluding hydrogens is 336 g/mol. The number of carbonyl (C=O) groups excluding carboxylic acids is 2. The summed E-state index contributed by atoms with van der Waals surface area (Å²) in [5, 5.41) is 0.509. The van der Waals surface area contributed by atoms with Gasteiger partial charge in [0.25, 0.3) is 0 Å². The lowest BCUT2D eigenvalue weighted by atomic mass is 10.1. The number of hydrogen-bond acceptors (Lipinski definition) is 2. The lowest BCUT2D eigenvalue weighted by Gasteiger charge is -2.24. The fourth-order valence-corrected chi connectivity index (χ4v) is 3.29. The molecule has 25 heavy (non-hydrogen) atoms. The van der Waals surface area contributed by atoms with E-state index in [9.17, 15) is 9.59 Å². The molecule has 0 spiro atoms. The van der Waals surface area contributed by atoms with Gasteiger partial charge in [0.1, 0.15) is 0 Å². The van der Waals surface area contributed by atoms with Crippen LogP contribution in [0.15, 0.2) is 67.3 Å². The van der Waals surface area contributed by atoms with Crippen LogP contribution in [0.1, 0.15) is 6.42 Å². The van der Waals surface area contributed by atoms with Gasteiger partial charge < -0.3 is 9.80 Å². The van der Waals surface area contributed by atoms with Crippen molar-refractivity contribution in [3.63, 3.8) is 0 Å². The normalized spacial score (nSPS) is 16.8. The van der Waals surface area contributed by atoms with E-state index in [1.807, 2.05) is 42.5 Å². The van der Waals surface area contributed by atoms with E-state index in [0.29, 0.717) is 23.8 Å². The van der Waals surface area contributed by atoms with Crippen molar-refractivity contribution >= 4 is 34.8 Å². The summed E-state index contributed by atoms with van der Waals surface area (Å²) in [5.74, 6) is -0.559. The molecule has 1 aliphatic heterocycles. The van der Waals surface area contributed by atoms with Crippen LogP contribution >= 0.6 is 11.6 Å². The Morgan fingerprint density at radius 1 is 1.20 bits per heavy atom. The third-order valence-electron chi connectivity index (χ3n) is 4.26. The predicted octanol–water partition coefficient (Wildman–Crippen LogP) is 3.91. The number of rotatable bonds is 5. The molecule has 128 valence electrons. The van der Waals surface area contributed by atoms with E-state index < -0.39 is 5.92 Å². The molecule has 5 heteroatoms. The summed E-state index contributed by atoms with van der Waals surface area (Å²) in [7, 11) is 0. The lowest BCUT2D eigenvalue weighted by Crippen LogP contribution is -2.37. The molecule has 3 rings (SSSR count). The topological polar surface area (TPSA) is 40.6 Å². The van der Waals surface area contributed by atoms with Gasteiger partial charge in [-0.1, -0.05) is 48.0 Å². The lowest BCUT2D eigenvalue weighted by molar-refractivity contribution is -0.124. The van der Waals surface area contributed by atoms with Crippen LogP contribution in [0.2, 0.25) is 5.02 Å². The molecule has 4 nitrogen and oxygen atoms in total. The van der Waals surface area contributed by atoms with Gasteiger partial charge in [-0.25, -0.2) is 0 Å². The van der Waals surface area contributed by atoms with Crippen molar-refractivity contribution in [2.45, 2.75) is 6.42 Å². The Labute approximate surface area is 152 Å². The summed E-state index contributed by atoms with van der Waals surface area (Å²) in [4.78, 5) is 28.7. The number of halogens is 1. The molecule has 2 aromatic rings. The monoisotopic (exact) mass is 354 g/mol. The van der Waals surface area contributed by atoms with Crippen LogP contribution in [-0.4, -0.2) is 24.9 Å². The maximum absolute atomic E-state index is 13.0. The van der Waals surface area contributed by atoms with Crippen molar-refractivity contribution in [2.75, 3.05) is 22.9 Å². The highest BCUT2D eigenvalue weighted by Crippen LogP contribution is 2.32. The fourth-order valence-electron chi connectivity index (χ4n) is 3.06. The van der Waals surface area contributed by atoms with E-state index in [-0.39, 0.29) is 18.2 Å². The molecular formula is C20H19ClN2O2. The molecule has 1 atom stereocenters. The number of carbonyl (C=O) groups is 2. The minimum atomic E-state index is -0.399. The second-order valence-corrected chi connectivity index (χ2v) is 6.34. The second-order valence-electron chi connectivity index (χ2n) is 5.93. The van der Waals surface area contributed by atoms with Gasteiger partial charge in [-0.3, -0.25) is 9.59 Å². The smallest absolute Gasteiger partial charge is 0.232 e. The molecule has 1 unspecified atom stereocenters. The quantitative estimate of drug-likeness (QED) is 0.764. The first kappa shape index (κ1) is 17.2. The van der Waals surface area contributed by atoms with Gasteiger partial charge >= 0.3 is 0 Å². The molecule has 2 aromatic carbocycles. The minimum absolute atomic E-state index is 0.0750. The summed E-state index contributed by atoms with van der Waals surface area (Å²) in [5.41, 5.74) is 1.45. The molecule has 1 aliphatic rings. The van der Waals surface area contributed by atoms with Gasteiger partial charge in [0.05, 0.1) is 16.6 Å². The maximum atomic E-state index is 13.0. The van der Waals surface area contributed by atoms with E-state index in [1.54, 1.807) is 28.0 Å². The van der Waals surface area contributed by atoms with Crippen molar-refractivity contribution in [1.29, 1.82) is 0 Å². The van der Waals surface area contributed by atoms with Crippen molar-refractivity contribution in [3.05, 3.63) is 72.3 Å². The van der Waals surface area contributed by atoms with Crippen LogP contribution in [0.5, 0.6) is 0 Å². The van der Waals surface area contributed by atoms with Crippen LogP contribution < -0.4 is 9.80 Å². The zero-order valence-corrected chi connectivity index (χ0v) is 14.5. The van der Waals surface area contributed by atoms with Crippen LogP contribution in [0, 0.1) is 5.92 Å². The number of amides is 2. The Morgan fingerprint density at radius 2 is 1.88 bits per heavy atom. The third-order valence-corrected chi connectivity index (χ3v) is 4.58. The molecule has 0 radical (unpaired) electrons. The van der Waals surface area contributed by atoms with Crippen molar-refractivity contribution in [3.8, 4) is 0 Å². The first-order valence-corrected chi connectivity index (χ1v) is 8.52. The van der Waals surface area contributed by atoms with Crippen LogP contribution in [0.3, 0.4) is 0 Å². The molecule has 0 bridgehead atoms. The van der Waals surface area contributed by atoms with E-state index >= 15 is 0 Å². The zero-order chi connectivity index (χ0) is 17.8. The van der Waals surface area contributed by atoms with Gasteiger partial charge in [0.2, 0.25) is 11.8 Å². The van der Waals surface area contributed by atoms with Crippen LogP contribution in [0.25, 0.3) is 0 Å². The Bertz CT molecular complexity index is 791. The van der Waals surface area contributed by atoms with E-state index in [4.69, 9.17) is 11.6 Å². The van der Waals surface area contributed by atoms with Gasteiger partial charge in [0.15, 0.2) is 0 Å². The van der Waals surface area contributed by atoms with Gasteiger partial charge in [-0.15, -0.1) is 6.58 Å². The van der Waals surface area contributed by atoms with Crippen molar-refractivity contribution < 1.29 is 9.59 Å². The first-order chi connectivity index (χ1) is 12.1. The molecule has 1 fully saturated rings. The first-order valence-electron chi connectivity index (χ1n) is 8.14. The fraction of sp³-hybridized carbons (Fsp3) is 0.200. The van der Waals surface area contributed by atoms with E-state index in [0.717, 1.165) is 5.69 Å². The molecule has 0 saturated carbocycles. The van der Waals surface area contributed by atoms with E-state index in [1.165, 1.54) is 0 Å². The highest BCUT2D eigenvalue weighted by molar-refractivity contribution is 6.33. The summed E-state index contributed by atoms with van der Waals surface area (Å²) in [6.07, 6.45) is 1.87. The summed E-state index contributed by atoms with van der Waals surface area (Å²) >= 11 is 6.20. The third kappa shape index (κ3) is 3.59. The molecule has 1 heterocycles. The molecule has 0 aliphatic carbocycles. The van der Waals surface area contributed by atoms with Gasteiger partial charge in [0, 0.05) is 25.2 Å². The Hall–Kier alpha value is -2.59. The van der Waals surface area contributed by atoms with Gasteiger partial charge in [-0.2, -0.15) is 0 Å². The standard InChI is InChI=1S/C20H19ClN2O2/c1-2-12-22(16-8-4-3-5-9-16)20(25)15-13-19(24)23(14-15)18-11-7-6-10-17(18)21/h2-11,15H,1,12-14H2. The SMILES string of the molecule is C=CCN(C(=O)C1CC(=O)N(c2ccccc2Cl)C1)c1ccccc1. The molecule has 0 aromatic heterocycles. The van der Waals surface area contributed by atoms with Gasteiger partial charge in [-0.05, 0) is 24.3 Å². The minimum Gasteiger partial charge on any atom is -0.310 e. The zero-order valence-electron chi connectivity index (χ0n) is 13.8. The molecule has 2 amide bonds. The molecule has 1 saturated heterocycles. The summed E-state index contributed by atoms with van der Waals surface area (Å²) in [6.45, 7) is 4.47. The Kier molecular flexibility index (Phi) is 5.19. The van der Waals surface area contributed by atoms with Crippen LogP contribution in [0.4, 0.5) is 11.4 Å². The van der Waals surface area contributed by atoms with Crippen molar-refractivity contribution in [1.82, 2.24) is 0 Å². The predicted molar refractivity (Wildman–Crippen MR) is 101 cm³/mol. The van der Waals surface area contributed by atoms with E-state index in [2.05, 4.69) is 6.58 Å². The Morgan fingerprint density at radius 3 is 2.56 bits per heavy atom. The number of benzene rings is 2. The highest BCUT2D eigenvalue weighted by Gasteiger charge is 2.37. The highest BCUT2D eigenvalue weighted by atomic mass is 35.5. The summed E-state index contributed by atoms with van der Waals surface area (Å²) in [6, 6.07) is 16.6. The number of anilines is 2. The number of nitrogens with zero attached hydrogens (tertiary/aromatic N) is 2. The van der Waals surface area contributed by atoms with Crippen molar-refractivity contribution in [2.24, 2.45) is 5.92 Å². The summed E-state index contributed by atoms with van der Waals surface area (Å²) < 4.78 is 0. The second kappa shape index (κ2) is 7.53. The molecule has 0 N–H and O–H groups in total. The largest absolute Gasteiger partial charge is 0.310 e. The maximum Gasteiger partial charge on any atom is 0.232 e.